The van der Waals surface area contributed by atoms with E-state index in [0.29, 0.717) is 36.7 Å². The summed E-state index contributed by atoms with van der Waals surface area (Å²) in [7, 11) is 0. The van der Waals surface area contributed by atoms with Crippen LogP contribution in [0.5, 0.6) is 5.88 Å². The highest BCUT2D eigenvalue weighted by atomic mass is 32.1. The Morgan fingerprint density at radius 3 is 3.00 bits per heavy atom. The van der Waals surface area contributed by atoms with Crippen LogP contribution in [-0.2, 0) is 19.5 Å². The first-order chi connectivity index (χ1) is 13.6. The molecule has 28 heavy (non-hydrogen) atoms. The molecular formula is C19H23N7OS. The third kappa shape index (κ3) is 3.71. The molecule has 1 aliphatic carbocycles. The maximum absolute atomic E-state index is 5.99. The number of aromatic nitrogens is 6. The van der Waals surface area contributed by atoms with Gasteiger partial charge in [0, 0.05) is 30.1 Å². The van der Waals surface area contributed by atoms with Crippen molar-refractivity contribution in [3.05, 3.63) is 39.4 Å². The Labute approximate surface area is 167 Å². The van der Waals surface area contributed by atoms with Gasteiger partial charge in [-0.2, -0.15) is 10.1 Å². The Balaban J connectivity index is 1.17. The van der Waals surface area contributed by atoms with E-state index in [1.54, 1.807) is 11.3 Å². The lowest BCUT2D eigenvalue weighted by Gasteiger charge is -2.09. The Kier molecular flexibility index (Phi) is 4.46. The first-order valence-corrected chi connectivity index (χ1v) is 10.5. The second-order valence-electron chi connectivity index (χ2n) is 7.51. The summed E-state index contributed by atoms with van der Waals surface area (Å²) in [5.74, 6) is 3.09. The Bertz CT molecular complexity index is 977. The average molecular weight is 398 g/mol. The van der Waals surface area contributed by atoms with Crippen molar-refractivity contribution in [1.82, 2.24) is 29.9 Å². The number of nitrogens with one attached hydrogen (secondary N) is 1. The maximum atomic E-state index is 5.99. The lowest BCUT2D eigenvalue weighted by atomic mass is 10.2. The van der Waals surface area contributed by atoms with E-state index in [1.807, 2.05) is 19.9 Å². The number of hydrogen-bond acceptors (Lipinski definition) is 8. The standard InChI is InChI=1S/C19H23N7OS/c1-11-21-17(20-9-19-24-23-12(2)28-19)8-18(22-11)27-10-13-6-15(13)16-7-14-4-3-5-26(14)25-16/h7-8,13,15H,3-6,9-10H2,1-2H3,(H,20,21,22)/t13-,15+/m1/s1. The molecule has 146 valence electrons. The SMILES string of the molecule is Cc1nc(NCc2nnc(C)s2)cc(OC[C@H]2C[C@@H]2c2cc3n(n2)CCC3)n1. The zero-order valence-electron chi connectivity index (χ0n) is 16.1. The van der Waals surface area contributed by atoms with Crippen LogP contribution in [0.1, 0.15) is 46.0 Å². The molecule has 0 spiro atoms. The molecule has 0 saturated heterocycles. The van der Waals surface area contributed by atoms with Crippen LogP contribution in [0.2, 0.25) is 0 Å². The van der Waals surface area contributed by atoms with Gasteiger partial charge in [0.2, 0.25) is 5.88 Å². The predicted molar refractivity (Wildman–Crippen MR) is 106 cm³/mol. The summed E-state index contributed by atoms with van der Waals surface area (Å²) in [6.45, 7) is 6.15. The van der Waals surface area contributed by atoms with Gasteiger partial charge in [0.05, 0.1) is 18.8 Å². The first kappa shape index (κ1) is 17.5. The van der Waals surface area contributed by atoms with E-state index in [-0.39, 0.29) is 0 Å². The van der Waals surface area contributed by atoms with Crippen molar-refractivity contribution in [2.24, 2.45) is 5.92 Å². The fourth-order valence-electron chi connectivity index (χ4n) is 3.73. The third-order valence-corrected chi connectivity index (χ3v) is 6.07. The van der Waals surface area contributed by atoms with Crippen molar-refractivity contribution in [3.8, 4) is 5.88 Å². The highest BCUT2D eigenvalue weighted by molar-refractivity contribution is 7.11. The molecule has 3 aromatic heterocycles. The number of nitrogens with zero attached hydrogens (tertiary/aromatic N) is 6. The number of fused-ring (bicyclic) bond motifs is 1. The van der Waals surface area contributed by atoms with Crippen molar-refractivity contribution < 1.29 is 4.74 Å². The van der Waals surface area contributed by atoms with Crippen molar-refractivity contribution >= 4 is 17.2 Å². The van der Waals surface area contributed by atoms with Gasteiger partial charge in [-0.1, -0.05) is 11.3 Å². The van der Waals surface area contributed by atoms with Crippen molar-refractivity contribution in [2.75, 3.05) is 11.9 Å². The topological polar surface area (TPSA) is 90.6 Å². The number of anilines is 1. The van der Waals surface area contributed by atoms with E-state index in [9.17, 15) is 0 Å². The molecule has 1 N–H and O–H groups in total. The fourth-order valence-corrected chi connectivity index (χ4v) is 4.38. The molecule has 2 aliphatic rings. The second-order valence-corrected chi connectivity index (χ2v) is 8.77. The van der Waals surface area contributed by atoms with Crippen LogP contribution in [-0.4, -0.2) is 36.6 Å². The third-order valence-electron chi connectivity index (χ3n) is 5.24. The van der Waals surface area contributed by atoms with Crippen molar-refractivity contribution in [2.45, 2.75) is 52.1 Å². The zero-order chi connectivity index (χ0) is 19.1. The summed E-state index contributed by atoms with van der Waals surface area (Å²) in [5.41, 5.74) is 2.62. The van der Waals surface area contributed by atoms with Gasteiger partial charge in [-0.05, 0) is 39.2 Å². The molecule has 0 aromatic carbocycles. The van der Waals surface area contributed by atoms with E-state index in [1.165, 1.54) is 17.8 Å². The quantitative estimate of drug-likeness (QED) is 0.655. The molecule has 0 bridgehead atoms. The molecule has 3 aromatic rings. The number of hydrogen-bond donors (Lipinski definition) is 1. The second kappa shape index (κ2) is 7.12. The van der Waals surface area contributed by atoms with Gasteiger partial charge in [-0.15, -0.1) is 10.2 Å². The van der Waals surface area contributed by atoms with E-state index < -0.39 is 0 Å². The molecule has 1 aliphatic heterocycles. The molecular weight excluding hydrogens is 374 g/mol. The highest BCUT2D eigenvalue weighted by Gasteiger charge is 2.41. The summed E-state index contributed by atoms with van der Waals surface area (Å²) >= 11 is 1.58. The van der Waals surface area contributed by atoms with Crippen LogP contribution in [0.25, 0.3) is 0 Å². The van der Waals surface area contributed by atoms with Gasteiger partial charge in [0.1, 0.15) is 21.7 Å². The molecule has 4 heterocycles. The minimum absolute atomic E-state index is 0.520. The molecule has 1 saturated carbocycles. The van der Waals surface area contributed by atoms with E-state index >= 15 is 0 Å². The van der Waals surface area contributed by atoms with Gasteiger partial charge in [-0.25, -0.2) is 4.98 Å². The minimum atomic E-state index is 0.520. The molecule has 5 rings (SSSR count). The number of rotatable bonds is 7. The molecule has 0 amide bonds. The van der Waals surface area contributed by atoms with Gasteiger partial charge in [0.15, 0.2) is 0 Å². The summed E-state index contributed by atoms with van der Waals surface area (Å²) in [6, 6.07) is 4.13. The van der Waals surface area contributed by atoms with Crippen LogP contribution in [0.3, 0.4) is 0 Å². The minimum Gasteiger partial charge on any atom is -0.477 e. The Morgan fingerprint density at radius 1 is 1.25 bits per heavy atom. The number of aryl methyl sites for hydroxylation is 4. The van der Waals surface area contributed by atoms with E-state index in [2.05, 4.69) is 36.2 Å². The molecule has 0 radical (unpaired) electrons. The molecule has 1 fully saturated rings. The van der Waals surface area contributed by atoms with Gasteiger partial charge in [0.25, 0.3) is 0 Å². The van der Waals surface area contributed by atoms with Crippen molar-refractivity contribution in [1.29, 1.82) is 0 Å². The summed E-state index contributed by atoms with van der Waals surface area (Å²) < 4.78 is 8.15. The molecule has 0 unspecified atom stereocenters. The van der Waals surface area contributed by atoms with Crippen molar-refractivity contribution in [3.63, 3.8) is 0 Å². The molecule has 2 atom stereocenters. The van der Waals surface area contributed by atoms with Gasteiger partial charge >= 0.3 is 0 Å². The number of ether oxygens (including phenoxy) is 1. The first-order valence-electron chi connectivity index (χ1n) is 9.72. The zero-order valence-corrected chi connectivity index (χ0v) is 16.9. The lowest BCUT2D eigenvalue weighted by molar-refractivity contribution is 0.284. The fraction of sp³-hybridized carbons (Fsp3) is 0.526. The normalized spacial score (nSPS) is 20.2. The predicted octanol–water partition coefficient (Wildman–Crippen LogP) is 2.88. The van der Waals surface area contributed by atoms with Crippen LogP contribution in [0.4, 0.5) is 5.82 Å². The molecule has 9 heteroatoms. The largest absolute Gasteiger partial charge is 0.477 e. The van der Waals surface area contributed by atoms with Gasteiger partial charge < -0.3 is 10.1 Å². The maximum Gasteiger partial charge on any atom is 0.218 e. The van der Waals surface area contributed by atoms with Crippen LogP contribution >= 0.6 is 11.3 Å². The highest BCUT2D eigenvalue weighted by Crippen LogP contribution is 2.47. The smallest absolute Gasteiger partial charge is 0.218 e. The van der Waals surface area contributed by atoms with Crippen LogP contribution < -0.4 is 10.1 Å². The molecule has 8 nitrogen and oxygen atoms in total. The summed E-state index contributed by atoms with van der Waals surface area (Å²) in [4.78, 5) is 8.84. The monoisotopic (exact) mass is 397 g/mol. The van der Waals surface area contributed by atoms with Gasteiger partial charge in [-0.3, -0.25) is 4.68 Å². The Hall–Kier alpha value is -2.55. The van der Waals surface area contributed by atoms with E-state index in [4.69, 9.17) is 9.84 Å². The van der Waals surface area contributed by atoms with Crippen LogP contribution in [0, 0.1) is 19.8 Å². The van der Waals surface area contributed by atoms with E-state index in [0.717, 1.165) is 35.2 Å². The Morgan fingerprint density at radius 2 is 2.18 bits per heavy atom. The van der Waals surface area contributed by atoms with Crippen LogP contribution in [0.15, 0.2) is 12.1 Å². The average Bonchev–Trinajstić information content (AvgIpc) is 2.95. The summed E-state index contributed by atoms with van der Waals surface area (Å²) in [6.07, 6.45) is 3.53. The summed E-state index contributed by atoms with van der Waals surface area (Å²) in [5, 5.41) is 18.1. The lowest BCUT2D eigenvalue weighted by Crippen LogP contribution is -2.07.